The summed E-state index contributed by atoms with van der Waals surface area (Å²) in [6, 6.07) is 7.50. The molecule has 0 saturated heterocycles. The number of amides is 1. The Morgan fingerprint density at radius 2 is 2.28 bits per heavy atom. The fourth-order valence-corrected chi connectivity index (χ4v) is 1.79. The van der Waals surface area contributed by atoms with Crippen LogP contribution in [0.4, 0.5) is 0 Å². The number of aryl methyl sites for hydroxylation is 1. The average molecular weight is 261 g/mol. The van der Waals surface area contributed by atoms with Crippen molar-refractivity contribution in [2.75, 3.05) is 12.3 Å². The lowest BCUT2D eigenvalue weighted by Gasteiger charge is -2.04. The second kappa shape index (κ2) is 5.73. The molecule has 18 heavy (non-hydrogen) atoms. The first-order valence-electron chi connectivity index (χ1n) is 5.69. The van der Waals surface area contributed by atoms with E-state index in [1.54, 1.807) is 16.9 Å². The summed E-state index contributed by atoms with van der Waals surface area (Å²) < 4.78 is 1.74. The van der Waals surface area contributed by atoms with E-state index < -0.39 is 0 Å². The van der Waals surface area contributed by atoms with Gasteiger partial charge in [-0.05, 0) is 17.7 Å². The number of carbonyl (C=O) groups is 1. The van der Waals surface area contributed by atoms with E-state index in [1.165, 1.54) is 0 Å². The summed E-state index contributed by atoms with van der Waals surface area (Å²) in [7, 11) is 1.87. The van der Waals surface area contributed by atoms with Crippen LogP contribution in [0.25, 0.3) is 11.1 Å². The molecule has 0 fully saturated rings. The number of thiol groups is 1. The van der Waals surface area contributed by atoms with E-state index in [0.29, 0.717) is 17.9 Å². The van der Waals surface area contributed by atoms with E-state index in [4.69, 9.17) is 0 Å². The molecule has 1 heterocycles. The van der Waals surface area contributed by atoms with Crippen molar-refractivity contribution in [3.63, 3.8) is 0 Å². The Balaban J connectivity index is 2.22. The zero-order valence-electron chi connectivity index (χ0n) is 10.1. The Labute approximate surface area is 111 Å². The molecule has 0 unspecified atom stereocenters. The van der Waals surface area contributed by atoms with E-state index in [9.17, 15) is 4.79 Å². The van der Waals surface area contributed by atoms with Crippen molar-refractivity contribution in [2.24, 2.45) is 7.05 Å². The third-order valence-corrected chi connectivity index (χ3v) is 2.78. The first-order chi connectivity index (χ1) is 8.70. The van der Waals surface area contributed by atoms with Crippen molar-refractivity contribution in [3.05, 3.63) is 42.2 Å². The average Bonchev–Trinajstić information content (AvgIpc) is 2.83. The summed E-state index contributed by atoms with van der Waals surface area (Å²) in [5, 5.41) is 6.92. The zero-order chi connectivity index (χ0) is 13.0. The highest BCUT2D eigenvalue weighted by Crippen LogP contribution is 2.19. The molecule has 1 amide bonds. The molecule has 5 heteroatoms. The summed E-state index contributed by atoms with van der Waals surface area (Å²) >= 11 is 4.06. The van der Waals surface area contributed by atoms with Crippen LogP contribution in [0.2, 0.25) is 0 Å². The van der Waals surface area contributed by atoms with Gasteiger partial charge in [0.05, 0.1) is 6.20 Å². The van der Waals surface area contributed by atoms with Crippen LogP contribution in [0.5, 0.6) is 0 Å². The number of rotatable bonds is 4. The van der Waals surface area contributed by atoms with Crippen LogP contribution >= 0.6 is 12.6 Å². The standard InChI is InChI=1S/C13H15N3OS/c1-16-9-12(8-15-16)10-3-2-4-11(7-10)13(17)14-5-6-18/h2-4,7-9,18H,5-6H2,1H3,(H,14,17). The first kappa shape index (κ1) is 12.7. The van der Waals surface area contributed by atoms with Crippen molar-refractivity contribution in [2.45, 2.75) is 0 Å². The van der Waals surface area contributed by atoms with E-state index in [-0.39, 0.29) is 5.91 Å². The molecular weight excluding hydrogens is 246 g/mol. The molecule has 2 aromatic rings. The van der Waals surface area contributed by atoms with Crippen molar-refractivity contribution in [3.8, 4) is 11.1 Å². The number of hydrogen-bond donors (Lipinski definition) is 2. The minimum Gasteiger partial charge on any atom is -0.351 e. The Morgan fingerprint density at radius 1 is 1.44 bits per heavy atom. The highest BCUT2D eigenvalue weighted by molar-refractivity contribution is 7.80. The predicted octanol–water partition coefficient (Wildman–Crippen LogP) is 1.75. The molecule has 0 saturated carbocycles. The van der Waals surface area contributed by atoms with Crippen molar-refractivity contribution < 1.29 is 4.79 Å². The fourth-order valence-electron chi connectivity index (χ4n) is 1.68. The number of aromatic nitrogens is 2. The second-order valence-corrected chi connectivity index (χ2v) is 4.41. The Hall–Kier alpha value is -1.75. The van der Waals surface area contributed by atoms with E-state index in [0.717, 1.165) is 11.1 Å². The van der Waals surface area contributed by atoms with Gasteiger partial charge < -0.3 is 5.32 Å². The van der Waals surface area contributed by atoms with E-state index in [1.807, 2.05) is 31.4 Å². The second-order valence-electron chi connectivity index (χ2n) is 3.96. The smallest absolute Gasteiger partial charge is 0.251 e. The number of nitrogens with one attached hydrogen (secondary N) is 1. The molecular formula is C13H15N3OS. The van der Waals surface area contributed by atoms with Gasteiger partial charge in [-0.25, -0.2) is 0 Å². The lowest BCUT2D eigenvalue weighted by atomic mass is 10.1. The molecule has 0 aliphatic carbocycles. The first-order valence-corrected chi connectivity index (χ1v) is 6.32. The summed E-state index contributed by atoms with van der Waals surface area (Å²) in [6.45, 7) is 0.569. The van der Waals surface area contributed by atoms with Crippen molar-refractivity contribution in [1.29, 1.82) is 0 Å². The molecule has 2 rings (SSSR count). The maximum Gasteiger partial charge on any atom is 0.251 e. The van der Waals surface area contributed by atoms with Crippen LogP contribution in [-0.2, 0) is 7.05 Å². The quantitative estimate of drug-likeness (QED) is 0.824. The highest BCUT2D eigenvalue weighted by Gasteiger charge is 2.07. The normalized spacial score (nSPS) is 10.3. The highest BCUT2D eigenvalue weighted by atomic mass is 32.1. The van der Waals surface area contributed by atoms with Gasteiger partial charge in [0.2, 0.25) is 0 Å². The lowest BCUT2D eigenvalue weighted by Crippen LogP contribution is -2.25. The zero-order valence-corrected chi connectivity index (χ0v) is 11.0. The molecule has 0 bridgehead atoms. The van der Waals surface area contributed by atoms with Gasteiger partial charge >= 0.3 is 0 Å². The number of benzene rings is 1. The van der Waals surface area contributed by atoms with Gasteiger partial charge in [-0.15, -0.1) is 0 Å². The van der Waals surface area contributed by atoms with Crippen LogP contribution in [0, 0.1) is 0 Å². The molecule has 0 aliphatic rings. The number of nitrogens with zero attached hydrogens (tertiary/aromatic N) is 2. The van der Waals surface area contributed by atoms with Gasteiger partial charge in [0, 0.05) is 36.7 Å². The van der Waals surface area contributed by atoms with Gasteiger partial charge in [-0.1, -0.05) is 12.1 Å². The van der Waals surface area contributed by atoms with Crippen molar-refractivity contribution in [1.82, 2.24) is 15.1 Å². The molecule has 1 aromatic carbocycles. The Kier molecular flexibility index (Phi) is 4.04. The third kappa shape index (κ3) is 2.92. The van der Waals surface area contributed by atoms with Gasteiger partial charge in [0.15, 0.2) is 0 Å². The Morgan fingerprint density at radius 3 is 2.94 bits per heavy atom. The monoisotopic (exact) mass is 261 g/mol. The van der Waals surface area contributed by atoms with Gasteiger partial charge in [0.1, 0.15) is 0 Å². The summed E-state index contributed by atoms with van der Waals surface area (Å²) in [4.78, 5) is 11.8. The largest absolute Gasteiger partial charge is 0.351 e. The molecule has 0 radical (unpaired) electrons. The van der Waals surface area contributed by atoms with Gasteiger partial charge in [-0.2, -0.15) is 17.7 Å². The fraction of sp³-hybridized carbons (Fsp3) is 0.231. The molecule has 0 aliphatic heterocycles. The van der Waals surface area contributed by atoms with Crippen LogP contribution in [0.15, 0.2) is 36.7 Å². The van der Waals surface area contributed by atoms with Crippen LogP contribution in [-0.4, -0.2) is 28.0 Å². The molecule has 0 atom stereocenters. The SMILES string of the molecule is Cn1cc(-c2cccc(C(=O)NCCS)c2)cn1. The lowest BCUT2D eigenvalue weighted by molar-refractivity contribution is 0.0956. The van der Waals surface area contributed by atoms with Gasteiger partial charge in [-0.3, -0.25) is 9.48 Å². The minimum absolute atomic E-state index is 0.0743. The summed E-state index contributed by atoms with van der Waals surface area (Å²) in [5.41, 5.74) is 2.64. The van der Waals surface area contributed by atoms with E-state index in [2.05, 4.69) is 23.0 Å². The maximum absolute atomic E-state index is 11.8. The topological polar surface area (TPSA) is 46.9 Å². The third-order valence-electron chi connectivity index (χ3n) is 2.56. The van der Waals surface area contributed by atoms with Crippen LogP contribution in [0.3, 0.4) is 0 Å². The molecule has 4 nitrogen and oxygen atoms in total. The molecule has 1 aromatic heterocycles. The Bertz CT molecular complexity index is 551. The predicted molar refractivity (Wildman–Crippen MR) is 74.8 cm³/mol. The number of hydrogen-bond acceptors (Lipinski definition) is 3. The summed E-state index contributed by atoms with van der Waals surface area (Å²) in [5.74, 6) is 0.559. The van der Waals surface area contributed by atoms with Crippen LogP contribution in [0.1, 0.15) is 10.4 Å². The molecule has 1 N–H and O–H groups in total. The summed E-state index contributed by atoms with van der Waals surface area (Å²) in [6.07, 6.45) is 3.70. The van der Waals surface area contributed by atoms with Crippen molar-refractivity contribution >= 4 is 18.5 Å². The number of carbonyl (C=O) groups excluding carboxylic acids is 1. The van der Waals surface area contributed by atoms with Gasteiger partial charge in [0.25, 0.3) is 5.91 Å². The molecule has 0 spiro atoms. The molecule has 94 valence electrons. The van der Waals surface area contributed by atoms with E-state index >= 15 is 0 Å². The van der Waals surface area contributed by atoms with Crippen LogP contribution < -0.4 is 5.32 Å². The maximum atomic E-state index is 11.8. The minimum atomic E-state index is -0.0743.